The number of amides is 1. The summed E-state index contributed by atoms with van der Waals surface area (Å²) < 4.78 is 0. The molecule has 0 aliphatic heterocycles. The van der Waals surface area contributed by atoms with Gasteiger partial charge in [-0.2, -0.15) is 0 Å². The molecule has 0 saturated carbocycles. The molecule has 2 nitrogen and oxygen atoms in total. The number of thioether (sulfide) groups is 1. The van der Waals surface area contributed by atoms with Crippen LogP contribution in [0.2, 0.25) is 10.0 Å². The molecule has 0 spiro atoms. The maximum atomic E-state index is 12.1. The Balaban J connectivity index is 1.78. The van der Waals surface area contributed by atoms with Crippen molar-refractivity contribution in [2.45, 2.75) is 32.1 Å². The minimum atomic E-state index is 0.00832. The molecule has 2 aromatic rings. The first-order chi connectivity index (χ1) is 11.5. The average Bonchev–Trinajstić information content (AvgIpc) is 2.58. The third kappa shape index (κ3) is 5.73. The van der Waals surface area contributed by atoms with Gasteiger partial charge in [-0.05, 0) is 42.2 Å². The van der Waals surface area contributed by atoms with Gasteiger partial charge >= 0.3 is 0 Å². The molecule has 1 amide bonds. The summed E-state index contributed by atoms with van der Waals surface area (Å²) in [5, 5.41) is 4.13. The molecule has 0 radical (unpaired) electrons. The predicted octanol–water partition coefficient (Wildman–Crippen LogP) is 5.67. The van der Waals surface area contributed by atoms with Crippen LogP contribution in [-0.4, -0.2) is 11.7 Å². The van der Waals surface area contributed by atoms with Crippen LogP contribution in [0.5, 0.6) is 0 Å². The molecule has 0 heterocycles. The molecule has 5 heteroatoms. The van der Waals surface area contributed by atoms with Crippen LogP contribution in [0.4, 0.5) is 0 Å². The number of carbonyl (C=O) groups excluding carboxylic acids is 1. The Kier molecular flexibility index (Phi) is 7.47. The summed E-state index contributed by atoms with van der Waals surface area (Å²) in [6.45, 7) is 4.13. The zero-order valence-corrected chi connectivity index (χ0v) is 16.1. The Hall–Kier alpha value is -1.16. The molecule has 2 rings (SSSR count). The third-order valence-electron chi connectivity index (χ3n) is 3.75. The molecule has 0 bridgehead atoms. The van der Waals surface area contributed by atoms with Crippen molar-refractivity contribution >= 4 is 40.9 Å². The van der Waals surface area contributed by atoms with Gasteiger partial charge in [-0.1, -0.05) is 60.5 Å². The van der Waals surface area contributed by atoms with Gasteiger partial charge in [0, 0.05) is 5.75 Å². The first kappa shape index (κ1) is 19.2. The lowest BCUT2D eigenvalue weighted by Crippen LogP contribution is -2.28. The Morgan fingerprint density at radius 2 is 1.75 bits per heavy atom. The fourth-order valence-corrected chi connectivity index (χ4v) is 3.41. The molecule has 0 aromatic heterocycles. The summed E-state index contributed by atoms with van der Waals surface area (Å²) in [4.78, 5) is 12.1. The van der Waals surface area contributed by atoms with Crippen molar-refractivity contribution in [2.75, 3.05) is 5.75 Å². The zero-order valence-electron chi connectivity index (χ0n) is 13.8. The van der Waals surface area contributed by atoms with E-state index in [4.69, 9.17) is 23.2 Å². The molecule has 128 valence electrons. The summed E-state index contributed by atoms with van der Waals surface area (Å²) in [5.41, 5.74) is 3.48. The number of rotatable bonds is 7. The van der Waals surface area contributed by atoms with Crippen molar-refractivity contribution in [3.63, 3.8) is 0 Å². The summed E-state index contributed by atoms with van der Waals surface area (Å²) in [5.74, 6) is 1.17. The highest BCUT2D eigenvalue weighted by Gasteiger charge is 2.10. The molecule has 0 unspecified atom stereocenters. The van der Waals surface area contributed by atoms with E-state index in [0.717, 1.165) is 23.3 Å². The summed E-state index contributed by atoms with van der Waals surface area (Å²) in [6, 6.07) is 13.9. The largest absolute Gasteiger partial charge is 0.349 e. The van der Waals surface area contributed by atoms with Gasteiger partial charge in [0.2, 0.25) is 5.91 Å². The highest BCUT2D eigenvalue weighted by Crippen LogP contribution is 2.24. The minimum absolute atomic E-state index is 0.00832. The van der Waals surface area contributed by atoms with Crippen LogP contribution in [0.1, 0.15) is 36.6 Å². The second-order valence-electron chi connectivity index (χ2n) is 5.63. The molecule has 0 saturated heterocycles. The Bertz CT molecular complexity index is 688. The monoisotopic (exact) mass is 381 g/mol. The van der Waals surface area contributed by atoms with E-state index in [0.29, 0.717) is 15.8 Å². The number of benzene rings is 2. The second kappa shape index (κ2) is 9.36. The lowest BCUT2D eigenvalue weighted by molar-refractivity contribution is -0.119. The first-order valence-corrected chi connectivity index (χ1v) is 9.80. The Morgan fingerprint density at radius 1 is 1.08 bits per heavy atom. The molecule has 0 fully saturated rings. The number of aryl methyl sites for hydroxylation is 1. The average molecular weight is 382 g/mol. The normalized spacial score (nSPS) is 12.0. The fraction of sp³-hybridized carbons (Fsp3) is 0.316. The zero-order chi connectivity index (χ0) is 17.5. The van der Waals surface area contributed by atoms with E-state index in [9.17, 15) is 4.79 Å². The van der Waals surface area contributed by atoms with Crippen LogP contribution >= 0.6 is 35.0 Å². The summed E-state index contributed by atoms with van der Waals surface area (Å²) >= 11 is 13.4. The number of carbonyl (C=O) groups is 1. The minimum Gasteiger partial charge on any atom is -0.349 e. The van der Waals surface area contributed by atoms with Gasteiger partial charge in [-0.25, -0.2) is 0 Å². The molecular formula is C19H21Cl2NOS. The topological polar surface area (TPSA) is 29.1 Å². The van der Waals surface area contributed by atoms with Crippen LogP contribution < -0.4 is 5.32 Å². The number of nitrogens with one attached hydrogen (secondary N) is 1. The SMILES string of the molecule is CCc1ccc([C@@H](C)NC(=O)CSCc2ccc(Cl)c(Cl)c2)cc1. The van der Waals surface area contributed by atoms with E-state index >= 15 is 0 Å². The maximum Gasteiger partial charge on any atom is 0.230 e. The smallest absolute Gasteiger partial charge is 0.230 e. The van der Waals surface area contributed by atoms with E-state index in [2.05, 4.69) is 36.5 Å². The third-order valence-corrected chi connectivity index (χ3v) is 5.49. The van der Waals surface area contributed by atoms with Crippen molar-refractivity contribution in [2.24, 2.45) is 0 Å². The lowest BCUT2D eigenvalue weighted by Gasteiger charge is -2.14. The van der Waals surface area contributed by atoms with Crippen LogP contribution in [0.25, 0.3) is 0 Å². The van der Waals surface area contributed by atoms with E-state index in [1.54, 1.807) is 17.8 Å². The van der Waals surface area contributed by atoms with Crippen LogP contribution in [0, 0.1) is 0 Å². The standard InChI is InChI=1S/C19H21Cl2NOS/c1-3-14-4-7-16(8-5-14)13(2)22-19(23)12-24-11-15-6-9-17(20)18(21)10-15/h4-10,13H,3,11-12H2,1-2H3,(H,22,23)/t13-/m1/s1. The molecule has 0 aliphatic carbocycles. The highest BCUT2D eigenvalue weighted by atomic mass is 35.5. The van der Waals surface area contributed by atoms with E-state index in [-0.39, 0.29) is 11.9 Å². The van der Waals surface area contributed by atoms with Gasteiger partial charge in [0.1, 0.15) is 0 Å². The van der Waals surface area contributed by atoms with Crippen LogP contribution in [-0.2, 0) is 17.0 Å². The van der Waals surface area contributed by atoms with Gasteiger partial charge in [-0.15, -0.1) is 11.8 Å². The van der Waals surface area contributed by atoms with E-state index < -0.39 is 0 Å². The molecular weight excluding hydrogens is 361 g/mol. The molecule has 0 aliphatic rings. The second-order valence-corrected chi connectivity index (χ2v) is 7.43. The number of hydrogen-bond acceptors (Lipinski definition) is 2. The quantitative estimate of drug-likeness (QED) is 0.669. The number of halogens is 2. The maximum absolute atomic E-state index is 12.1. The van der Waals surface area contributed by atoms with Crippen LogP contribution in [0.15, 0.2) is 42.5 Å². The van der Waals surface area contributed by atoms with Gasteiger partial charge in [0.25, 0.3) is 0 Å². The Labute approximate surface area is 157 Å². The molecule has 1 atom stereocenters. The van der Waals surface area contributed by atoms with Gasteiger partial charge in [-0.3, -0.25) is 4.79 Å². The van der Waals surface area contributed by atoms with Crippen molar-refractivity contribution in [3.8, 4) is 0 Å². The van der Waals surface area contributed by atoms with Crippen molar-refractivity contribution < 1.29 is 4.79 Å². The van der Waals surface area contributed by atoms with Gasteiger partial charge in [0.05, 0.1) is 21.8 Å². The van der Waals surface area contributed by atoms with E-state index in [1.165, 1.54) is 5.56 Å². The molecule has 2 aromatic carbocycles. The summed E-state index contributed by atoms with van der Waals surface area (Å²) in [7, 11) is 0. The Morgan fingerprint density at radius 3 is 2.38 bits per heavy atom. The molecule has 1 N–H and O–H groups in total. The first-order valence-electron chi connectivity index (χ1n) is 7.89. The van der Waals surface area contributed by atoms with Crippen LogP contribution in [0.3, 0.4) is 0 Å². The van der Waals surface area contributed by atoms with Gasteiger partial charge in [0.15, 0.2) is 0 Å². The van der Waals surface area contributed by atoms with E-state index in [1.807, 2.05) is 19.1 Å². The van der Waals surface area contributed by atoms with Crippen molar-refractivity contribution in [1.29, 1.82) is 0 Å². The fourth-order valence-electron chi connectivity index (χ4n) is 2.30. The highest BCUT2D eigenvalue weighted by molar-refractivity contribution is 7.99. The van der Waals surface area contributed by atoms with Gasteiger partial charge < -0.3 is 5.32 Å². The van der Waals surface area contributed by atoms with Crippen molar-refractivity contribution in [3.05, 3.63) is 69.2 Å². The lowest BCUT2D eigenvalue weighted by atomic mass is 10.1. The van der Waals surface area contributed by atoms with Crippen molar-refractivity contribution in [1.82, 2.24) is 5.32 Å². The predicted molar refractivity (Wildman–Crippen MR) is 105 cm³/mol. The summed E-state index contributed by atoms with van der Waals surface area (Å²) in [6.07, 6.45) is 1.02. The molecule has 24 heavy (non-hydrogen) atoms. The number of hydrogen-bond donors (Lipinski definition) is 1.